The fraction of sp³-hybridized carbons (Fsp3) is 0.233. The van der Waals surface area contributed by atoms with Crippen molar-refractivity contribution in [1.82, 2.24) is 14.9 Å². The number of benzene rings is 3. The highest BCUT2D eigenvalue weighted by atomic mass is 16.6. The van der Waals surface area contributed by atoms with Gasteiger partial charge in [-0.25, -0.2) is 9.78 Å². The van der Waals surface area contributed by atoms with E-state index in [1.807, 2.05) is 60.7 Å². The Labute approximate surface area is 225 Å². The predicted molar refractivity (Wildman–Crippen MR) is 144 cm³/mol. The Morgan fingerprint density at radius 1 is 1.05 bits per heavy atom. The number of rotatable bonds is 7. The number of aromatic nitrogens is 2. The van der Waals surface area contributed by atoms with Crippen molar-refractivity contribution in [2.45, 2.75) is 44.2 Å². The van der Waals surface area contributed by atoms with E-state index in [0.717, 1.165) is 16.7 Å². The number of aliphatic carboxylic acids is 1. The zero-order valence-electron chi connectivity index (χ0n) is 21.5. The molecule has 0 fully saturated rings. The molecule has 9 heteroatoms. The molecule has 3 aromatic carbocycles. The minimum Gasteiger partial charge on any atom is -0.480 e. The Balaban J connectivity index is 1.65. The van der Waals surface area contributed by atoms with Gasteiger partial charge >= 0.3 is 5.97 Å². The summed E-state index contributed by atoms with van der Waals surface area (Å²) in [4.78, 5) is 47.4. The van der Waals surface area contributed by atoms with Gasteiger partial charge < -0.3 is 15.0 Å². The molecule has 198 valence electrons. The fourth-order valence-corrected chi connectivity index (χ4v) is 5.68. The monoisotopic (exact) mass is 524 g/mol. The van der Waals surface area contributed by atoms with Gasteiger partial charge in [-0.3, -0.25) is 14.9 Å². The number of carboxylic acids is 1. The lowest BCUT2D eigenvalue weighted by atomic mass is 9.82. The molecule has 0 radical (unpaired) electrons. The number of H-pyrrole nitrogens is 1. The molecule has 9 nitrogen and oxygen atoms in total. The maximum atomic E-state index is 14.6. The van der Waals surface area contributed by atoms with Gasteiger partial charge in [-0.15, -0.1) is 0 Å². The normalized spacial score (nSPS) is 18.5. The second-order valence-electron chi connectivity index (χ2n) is 9.87. The molecule has 2 heterocycles. The van der Waals surface area contributed by atoms with Crippen LogP contribution in [0.1, 0.15) is 58.4 Å². The molecule has 1 aromatic heterocycles. The van der Waals surface area contributed by atoms with Crippen molar-refractivity contribution in [3.63, 3.8) is 0 Å². The molecule has 5 rings (SSSR count). The number of nitro groups is 1. The van der Waals surface area contributed by atoms with Crippen LogP contribution in [0.15, 0.2) is 85.2 Å². The number of aromatic amines is 1. The van der Waals surface area contributed by atoms with E-state index >= 15 is 0 Å². The Kier molecular flexibility index (Phi) is 6.98. The Bertz CT molecular complexity index is 1480. The molecule has 0 spiro atoms. The van der Waals surface area contributed by atoms with E-state index in [9.17, 15) is 24.8 Å². The standard InChI is InChI=1S/C30H28N4O5/c1-18-15-20(13-14-23(18)34(38)39)16-24-27-26(31-17-32-27)19(2)28(30(36)37)33(24)29(35)25(21-9-5-3-6-10-21)22-11-7-4-8-12-22/h3-15,17,19,24-25,28H,16H2,1-2H3,(H,31,32)(H,36,37). The fourth-order valence-electron chi connectivity index (χ4n) is 5.68. The van der Waals surface area contributed by atoms with Crippen molar-refractivity contribution < 1.29 is 19.6 Å². The zero-order chi connectivity index (χ0) is 27.7. The molecule has 0 saturated carbocycles. The van der Waals surface area contributed by atoms with Crippen LogP contribution in [0, 0.1) is 17.0 Å². The Morgan fingerprint density at radius 2 is 1.67 bits per heavy atom. The van der Waals surface area contributed by atoms with Gasteiger partial charge in [-0.1, -0.05) is 73.7 Å². The van der Waals surface area contributed by atoms with Crippen molar-refractivity contribution in [3.8, 4) is 0 Å². The maximum absolute atomic E-state index is 14.6. The number of amides is 1. The SMILES string of the molecule is Cc1cc(CC2c3[nH]cnc3C(C)C(C(=O)O)N2C(=O)C(c2ccccc2)c2ccccc2)ccc1[N+](=O)[O-]. The summed E-state index contributed by atoms with van der Waals surface area (Å²) in [5.41, 5.74) is 4.02. The van der Waals surface area contributed by atoms with Crippen molar-refractivity contribution in [2.75, 3.05) is 0 Å². The number of aryl methyl sites for hydroxylation is 1. The third-order valence-corrected chi connectivity index (χ3v) is 7.48. The number of carbonyl (C=O) groups excluding carboxylic acids is 1. The summed E-state index contributed by atoms with van der Waals surface area (Å²) in [6, 6.07) is 21.6. The molecule has 3 atom stereocenters. The highest BCUT2D eigenvalue weighted by molar-refractivity contribution is 5.92. The minimum atomic E-state index is -1.16. The molecule has 0 bridgehead atoms. The second-order valence-corrected chi connectivity index (χ2v) is 9.87. The topological polar surface area (TPSA) is 129 Å². The first-order valence-electron chi connectivity index (χ1n) is 12.7. The van der Waals surface area contributed by atoms with Crippen LogP contribution >= 0.6 is 0 Å². The lowest BCUT2D eigenvalue weighted by Crippen LogP contribution is -2.54. The third-order valence-electron chi connectivity index (χ3n) is 7.48. The first-order chi connectivity index (χ1) is 18.8. The number of carbonyl (C=O) groups is 2. The molecule has 4 aromatic rings. The van der Waals surface area contributed by atoms with Crippen molar-refractivity contribution in [2.24, 2.45) is 0 Å². The van der Waals surface area contributed by atoms with Crippen LogP contribution < -0.4 is 0 Å². The van der Waals surface area contributed by atoms with Crippen LogP contribution in [0.3, 0.4) is 0 Å². The molecular formula is C30H28N4O5. The van der Waals surface area contributed by atoms with E-state index in [4.69, 9.17) is 0 Å². The van der Waals surface area contributed by atoms with Crippen LogP contribution in [-0.2, 0) is 16.0 Å². The lowest BCUT2D eigenvalue weighted by molar-refractivity contribution is -0.385. The second kappa shape index (κ2) is 10.5. The van der Waals surface area contributed by atoms with Crippen LogP contribution in [0.5, 0.6) is 0 Å². The Hall–Kier alpha value is -4.79. The zero-order valence-corrected chi connectivity index (χ0v) is 21.5. The summed E-state index contributed by atoms with van der Waals surface area (Å²) in [6.45, 7) is 3.43. The molecule has 2 N–H and O–H groups in total. The van der Waals surface area contributed by atoms with E-state index < -0.39 is 34.8 Å². The van der Waals surface area contributed by atoms with E-state index in [1.54, 1.807) is 26.0 Å². The first kappa shape index (κ1) is 25.8. The average Bonchev–Trinajstić information content (AvgIpc) is 3.42. The predicted octanol–water partition coefficient (Wildman–Crippen LogP) is 5.14. The highest BCUT2D eigenvalue weighted by Gasteiger charge is 2.48. The summed E-state index contributed by atoms with van der Waals surface area (Å²) < 4.78 is 0. The summed E-state index contributed by atoms with van der Waals surface area (Å²) in [5, 5.41) is 21.8. The van der Waals surface area contributed by atoms with Crippen LogP contribution in [-0.4, -0.2) is 42.8 Å². The quantitative estimate of drug-likeness (QED) is 0.254. The van der Waals surface area contributed by atoms with E-state index in [0.29, 0.717) is 17.0 Å². The largest absolute Gasteiger partial charge is 0.480 e. The summed E-state index contributed by atoms with van der Waals surface area (Å²) >= 11 is 0. The summed E-state index contributed by atoms with van der Waals surface area (Å²) in [7, 11) is 0. The van der Waals surface area contributed by atoms with Gasteiger partial charge in [-0.05, 0) is 36.1 Å². The summed E-state index contributed by atoms with van der Waals surface area (Å²) in [5.74, 6) is -2.74. The van der Waals surface area contributed by atoms with Gasteiger partial charge in [0, 0.05) is 17.5 Å². The maximum Gasteiger partial charge on any atom is 0.327 e. The molecule has 1 aliphatic heterocycles. The van der Waals surface area contributed by atoms with Crippen molar-refractivity contribution in [1.29, 1.82) is 0 Å². The smallest absolute Gasteiger partial charge is 0.327 e. The number of nitro benzene ring substituents is 1. The van der Waals surface area contributed by atoms with Gasteiger partial charge in [0.1, 0.15) is 6.04 Å². The number of hydrogen-bond acceptors (Lipinski definition) is 5. The molecule has 1 aliphatic rings. The molecule has 0 saturated heterocycles. The molecule has 1 amide bonds. The van der Waals surface area contributed by atoms with Crippen molar-refractivity contribution in [3.05, 3.63) is 129 Å². The first-order valence-corrected chi connectivity index (χ1v) is 12.7. The minimum absolute atomic E-state index is 0.00260. The molecule has 0 aliphatic carbocycles. The number of imidazole rings is 1. The van der Waals surface area contributed by atoms with Gasteiger partial charge in [0.2, 0.25) is 5.91 Å². The number of carboxylic acid groups (broad SMARTS) is 1. The van der Waals surface area contributed by atoms with Crippen molar-refractivity contribution >= 4 is 17.6 Å². The average molecular weight is 525 g/mol. The molecule has 39 heavy (non-hydrogen) atoms. The van der Waals surface area contributed by atoms with E-state index in [1.165, 1.54) is 17.3 Å². The van der Waals surface area contributed by atoms with Gasteiger partial charge in [0.05, 0.1) is 34.6 Å². The van der Waals surface area contributed by atoms with Crippen LogP contribution in [0.25, 0.3) is 0 Å². The number of nitrogens with one attached hydrogen (secondary N) is 1. The Morgan fingerprint density at radius 3 is 2.21 bits per heavy atom. The van der Waals surface area contributed by atoms with Gasteiger partial charge in [-0.2, -0.15) is 0 Å². The third kappa shape index (κ3) is 4.79. The highest BCUT2D eigenvalue weighted by Crippen LogP contribution is 2.43. The van der Waals surface area contributed by atoms with E-state index in [-0.39, 0.29) is 18.0 Å². The number of fused-ring (bicyclic) bond motifs is 1. The van der Waals surface area contributed by atoms with Gasteiger partial charge in [0.15, 0.2) is 0 Å². The molecule has 3 unspecified atom stereocenters. The van der Waals surface area contributed by atoms with E-state index in [2.05, 4.69) is 9.97 Å². The van der Waals surface area contributed by atoms with Crippen LogP contribution in [0.4, 0.5) is 5.69 Å². The summed E-state index contributed by atoms with van der Waals surface area (Å²) in [6.07, 6.45) is 1.78. The van der Waals surface area contributed by atoms with Crippen LogP contribution in [0.2, 0.25) is 0 Å². The lowest BCUT2D eigenvalue weighted by Gasteiger charge is -2.44. The molecular weight excluding hydrogens is 496 g/mol. The number of nitrogens with zero attached hydrogens (tertiary/aromatic N) is 3. The number of hydrogen-bond donors (Lipinski definition) is 2. The van der Waals surface area contributed by atoms with Gasteiger partial charge in [0.25, 0.3) is 5.69 Å².